The van der Waals surface area contributed by atoms with E-state index in [2.05, 4.69) is 11.3 Å². The van der Waals surface area contributed by atoms with Crippen LogP contribution in [0.2, 0.25) is 0 Å². The quantitative estimate of drug-likeness (QED) is 0.463. The van der Waals surface area contributed by atoms with Gasteiger partial charge in [-0.05, 0) is 6.42 Å². The normalized spacial score (nSPS) is 12.3. The van der Waals surface area contributed by atoms with Crippen molar-refractivity contribution < 1.29 is 14.6 Å². The lowest BCUT2D eigenvalue weighted by molar-refractivity contribution is -0.137. The van der Waals surface area contributed by atoms with Gasteiger partial charge in [0.25, 0.3) is 0 Å². The van der Waals surface area contributed by atoms with Crippen molar-refractivity contribution in [2.24, 2.45) is 0 Å². The molecule has 1 atom stereocenters. The maximum atomic E-state index is 10.6. The Kier molecular flexibility index (Phi) is 3.72. The van der Waals surface area contributed by atoms with Crippen LogP contribution in [0.1, 0.15) is 13.3 Å². The Morgan fingerprint density at radius 2 is 2.30 bits per heavy atom. The highest BCUT2D eigenvalue weighted by Crippen LogP contribution is 2.04. The van der Waals surface area contributed by atoms with Crippen molar-refractivity contribution in [2.45, 2.75) is 19.4 Å². The van der Waals surface area contributed by atoms with Crippen molar-refractivity contribution in [2.75, 3.05) is 7.11 Å². The average molecular weight is 144 g/mol. The van der Waals surface area contributed by atoms with E-state index < -0.39 is 12.1 Å². The highest BCUT2D eigenvalue weighted by molar-refractivity contribution is 5.88. The maximum absolute atomic E-state index is 10.6. The third-order valence-corrected chi connectivity index (χ3v) is 1.24. The SMILES string of the molecule is C=C(C(=O)OC)[C@@H](O)CC. The molecule has 10 heavy (non-hydrogen) atoms. The van der Waals surface area contributed by atoms with E-state index in [0.717, 1.165) is 0 Å². The number of hydrogen-bond donors (Lipinski definition) is 1. The zero-order valence-electron chi connectivity index (χ0n) is 6.26. The lowest BCUT2D eigenvalue weighted by atomic mass is 10.1. The average Bonchev–Trinajstić information content (AvgIpc) is 2.00. The van der Waals surface area contributed by atoms with E-state index in [4.69, 9.17) is 5.11 Å². The third kappa shape index (κ3) is 2.19. The van der Waals surface area contributed by atoms with E-state index in [1.807, 2.05) is 0 Å². The molecule has 0 bridgehead atoms. The van der Waals surface area contributed by atoms with Gasteiger partial charge in [0.1, 0.15) is 0 Å². The van der Waals surface area contributed by atoms with Crippen LogP contribution in [0.25, 0.3) is 0 Å². The summed E-state index contributed by atoms with van der Waals surface area (Å²) < 4.78 is 4.34. The van der Waals surface area contributed by atoms with E-state index in [-0.39, 0.29) is 5.57 Å². The van der Waals surface area contributed by atoms with Gasteiger partial charge in [0.05, 0.1) is 18.8 Å². The van der Waals surface area contributed by atoms with Crippen LogP contribution in [0, 0.1) is 0 Å². The van der Waals surface area contributed by atoms with E-state index in [0.29, 0.717) is 6.42 Å². The first-order chi connectivity index (χ1) is 4.63. The van der Waals surface area contributed by atoms with Gasteiger partial charge in [0.2, 0.25) is 0 Å². The fraction of sp³-hybridized carbons (Fsp3) is 0.571. The lowest BCUT2D eigenvalue weighted by Gasteiger charge is -2.07. The molecule has 3 heteroatoms. The van der Waals surface area contributed by atoms with Gasteiger partial charge in [0.15, 0.2) is 0 Å². The van der Waals surface area contributed by atoms with Crippen LogP contribution < -0.4 is 0 Å². The van der Waals surface area contributed by atoms with Gasteiger partial charge in [-0.25, -0.2) is 4.79 Å². The number of aliphatic hydroxyl groups is 1. The van der Waals surface area contributed by atoms with Crippen LogP contribution in [-0.2, 0) is 9.53 Å². The standard InChI is InChI=1S/C7H12O3/c1-4-6(8)5(2)7(9)10-3/h6,8H,2,4H2,1,3H3/t6-/m0/s1. The summed E-state index contributed by atoms with van der Waals surface area (Å²) in [5.41, 5.74) is 0.116. The first kappa shape index (κ1) is 9.17. The Morgan fingerprint density at radius 1 is 1.80 bits per heavy atom. The molecule has 3 nitrogen and oxygen atoms in total. The highest BCUT2D eigenvalue weighted by Gasteiger charge is 2.13. The Labute approximate surface area is 60.3 Å². The minimum Gasteiger partial charge on any atom is -0.466 e. The van der Waals surface area contributed by atoms with E-state index >= 15 is 0 Å². The molecule has 0 aromatic carbocycles. The van der Waals surface area contributed by atoms with Gasteiger partial charge in [-0.3, -0.25) is 0 Å². The number of aliphatic hydroxyl groups excluding tert-OH is 1. The van der Waals surface area contributed by atoms with Crippen LogP contribution in [0.4, 0.5) is 0 Å². The minimum atomic E-state index is -0.771. The molecule has 0 spiro atoms. The fourth-order valence-corrected chi connectivity index (χ4v) is 0.514. The second kappa shape index (κ2) is 4.06. The Morgan fingerprint density at radius 3 is 2.60 bits per heavy atom. The molecule has 0 rings (SSSR count). The molecule has 0 heterocycles. The van der Waals surface area contributed by atoms with E-state index in [1.165, 1.54) is 7.11 Å². The van der Waals surface area contributed by atoms with Crippen LogP contribution in [0.15, 0.2) is 12.2 Å². The summed E-state index contributed by atoms with van der Waals surface area (Å²) in [4.78, 5) is 10.6. The molecule has 0 saturated heterocycles. The number of esters is 1. The van der Waals surface area contributed by atoms with Crippen molar-refractivity contribution in [1.29, 1.82) is 0 Å². The lowest BCUT2D eigenvalue weighted by Crippen LogP contribution is -2.17. The van der Waals surface area contributed by atoms with E-state index in [1.54, 1.807) is 6.92 Å². The Bertz CT molecular complexity index is 140. The monoisotopic (exact) mass is 144 g/mol. The highest BCUT2D eigenvalue weighted by atomic mass is 16.5. The van der Waals surface area contributed by atoms with Crippen molar-refractivity contribution >= 4 is 5.97 Å². The molecule has 0 unspecified atom stereocenters. The predicted molar refractivity (Wildman–Crippen MR) is 37.5 cm³/mol. The Hall–Kier alpha value is -0.830. The molecule has 0 aromatic rings. The zero-order chi connectivity index (χ0) is 8.15. The van der Waals surface area contributed by atoms with Gasteiger partial charge in [-0.1, -0.05) is 13.5 Å². The van der Waals surface area contributed by atoms with Crippen molar-refractivity contribution in [1.82, 2.24) is 0 Å². The molecule has 58 valence electrons. The first-order valence-electron chi connectivity index (χ1n) is 3.08. The number of ether oxygens (including phenoxy) is 1. The molecule has 0 amide bonds. The van der Waals surface area contributed by atoms with E-state index in [9.17, 15) is 4.79 Å². The van der Waals surface area contributed by atoms with Crippen molar-refractivity contribution in [3.63, 3.8) is 0 Å². The maximum Gasteiger partial charge on any atom is 0.335 e. The molecule has 1 N–H and O–H groups in total. The van der Waals surface area contributed by atoms with Gasteiger partial charge in [-0.15, -0.1) is 0 Å². The first-order valence-corrected chi connectivity index (χ1v) is 3.08. The topological polar surface area (TPSA) is 46.5 Å². The fourth-order valence-electron chi connectivity index (χ4n) is 0.514. The summed E-state index contributed by atoms with van der Waals surface area (Å²) in [5, 5.41) is 9.03. The largest absolute Gasteiger partial charge is 0.466 e. The molecule has 0 aliphatic carbocycles. The summed E-state index contributed by atoms with van der Waals surface area (Å²) in [5.74, 6) is -0.547. The number of rotatable bonds is 3. The minimum absolute atomic E-state index is 0.116. The van der Waals surface area contributed by atoms with Gasteiger partial charge in [-0.2, -0.15) is 0 Å². The predicted octanol–water partition coefficient (Wildman–Crippen LogP) is 0.486. The molecule has 0 aliphatic heterocycles. The number of carbonyl (C=O) groups is 1. The summed E-state index contributed by atoms with van der Waals surface area (Å²) >= 11 is 0. The number of hydrogen-bond acceptors (Lipinski definition) is 3. The van der Waals surface area contributed by atoms with Crippen LogP contribution >= 0.6 is 0 Å². The zero-order valence-corrected chi connectivity index (χ0v) is 6.26. The molecule has 0 aromatic heterocycles. The van der Waals surface area contributed by atoms with Crippen LogP contribution in [0.3, 0.4) is 0 Å². The van der Waals surface area contributed by atoms with Crippen molar-refractivity contribution in [3.05, 3.63) is 12.2 Å². The molecule has 0 saturated carbocycles. The van der Waals surface area contributed by atoms with Gasteiger partial charge < -0.3 is 9.84 Å². The smallest absolute Gasteiger partial charge is 0.335 e. The number of methoxy groups -OCH3 is 1. The molecule has 0 fully saturated rings. The second-order valence-corrected chi connectivity index (χ2v) is 1.94. The second-order valence-electron chi connectivity index (χ2n) is 1.94. The van der Waals surface area contributed by atoms with Gasteiger partial charge >= 0.3 is 5.97 Å². The third-order valence-electron chi connectivity index (χ3n) is 1.24. The Balaban J connectivity index is 3.95. The summed E-state index contributed by atoms with van der Waals surface area (Å²) in [6, 6.07) is 0. The molecular formula is C7H12O3. The van der Waals surface area contributed by atoms with Crippen LogP contribution in [-0.4, -0.2) is 24.3 Å². The summed E-state index contributed by atoms with van der Waals surface area (Å²) in [7, 11) is 1.26. The molecular weight excluding hydrogens is 132 g/mol. The summed E-state index contributed by atoms with van der Waals surface area (Å²) in [6.07, 6.45) is -0.291. The van der Waals surface area contributed by atoms with Gasteiger partial charge in [0, 0.05) is 0 Å². The number of carbonyl (C=O) groups excluding carboxylic acids is 1. The summed E-state index contributed by atoms with van der Waals surface area (Å²) in [6.45, 7) is 5.13. The van der Waals surface area contributed by atoms with Crippen molar-refractivity contribution in [3.8, 4) is 0 Å². The van der Waals surface area contributed by atoms with Crippen LogP contribution in [0.5, 0.6) is 0 Å². The molecule has 0 radical (unpaired) electrons. The molecule has 0 aliphatic rings.